The number of Topliss-reactive ketones (excluding diaryl/α,β-unsaturated/α-hetero) is 1. The summed E-state index contributed by atoms with van der Waals surface area (Å²) in [5, 5.41) is 3.29. The Hall–Kier alpha value is -2.08. The first-order valence-electron chi connectivity index (χ1n) is 6.23. The van der Waals surface area contributed by atoms with Crippen LogP contribution in [0.3, 0.4) is 0 Å². The summed E-state index contributed by atoms with van der Waals surface area (Å²) >= 11 is 1.44. The van der Waals surface area contributed by atoms with Gasteiger partial charge >= 0.3 is 0 Å². The number of thiazole rings is 1. The molecule has 2 rings (SSSR count). The lowest BCUT2D eigenvalue weighted by Gasteiger charge is -2.01. The topological polar surface area (TPSA) is 72.0 Å². The van der Waals surface area contributed by atoms with Gasteiger partial charge in [-0.2, -0.15) is 0 Å². The van der Waals surface area contributed by atoms with E-state index in [1.54, 1.807) is 18.3 Å². The average molecular weight is 289 g/mol. The van der Waals surface area contributed by atoms with Crippen molar-refractivity contribution in [3.63, 3.8) is 0 Å². The molecule has 2 aromatic heterocycles. The standard InChI is InChI=1S/C14H15N3O2S/c1-9-10(2)20-14(16-9)17-13(19)6-5-12(18)11-4-3-7-15-8-11/h3-4,7-8H,5-6H2,1-2H3,(H,16,17,19). The molecule has 0 bridgehead atoms. The van der Waals surface area contributed by atoms with Crippen molar-refractivity contribution >= 4 is 28.2 Å². The van der Waals surface area contributed by atoms with E-state index < -0.39 is 0 Å². The summed E-state index contributed by atoms with van der Waals surface area (Å²) in [4.78, 5) is 32.8. The highest BCUT2D eigenvalue weighted by molar-refractivity contribution is 7.15. The Morgan fingerprint density at radius 2 is 2.10 bits per heavy atom. The molecule has 5 nitrogen and oxygen atoms in total. The highest BCUT2D eigenvalue weighted by Crippen LogP contribution is 2.21. The SMILES string of the molecule is Cc1nc(NC(=O)CCC(=O)c2cccnc2)sc1C. The van der Waals surface area contributed by atoms with Crippen molar-refractivity contribution in [2.45, 2.75) is 26.7 Å². The number of hydrogen-bond acceptors (Lipinski definition) is 5. The van der Waals surface area contributed by atoms with E-state index in [4.69, 9.17) is 0 Å². The Bertz CT molecular complexity index is 603. The lowest BCUT2D eigenvalue weighted by atomic mass is 10.1. The van der Waals surface area contributed by atoms with Gasteiger partial charge in [0.05, 0.1) is 5.69 Å². The summed E-state index contributed by atoms with van der Waals surface area (Å²) < 4.78 is 0. The zero-order valence-electron chi connectivity index (χ0n) is 11.3. The van der Waals surface area contributed by atoms with E-state index in [1.165, 1.54) is 17.5 Å². The number of rotatable bonds is 5. The minimum Gasteiger partial charge on any atom is -0.302 e. The van der Waals surface area contributed by atoms with Crippen LogP contribution in [0, 0.1) is 13.8 Å². The van der Waals surface area contributed by atoms with Crippen molar-refractivity contribution in [3.8, 4) is 0 Å². The van der Waals surface area contributed by atoms with Crippen molar-refractivity contribution in [1.82, 2.24) is 9.97 Å². The van der Waals surface area contributed by atoms with Gasteiger partial charge in [0.1, 0.15) is 0 Å². The predicted molar refractivity (Wildman–Crippen MR) is 78.0 cm³/mol. The molecule has 20 heavy (non-hydrogen) atoms. The number of nitrogens with one attached hydrogen (secondary N) is 1. The van der Waals surface area contributed by atoms with Gasteiger partial charge in [-0.15, -0.1) is 11.3 Å². The third-order valence-corrected chi connectivity index (χ3v) is 3.83. The first-order valence-corrected chi connectivity index (χ1v) is 7.05. The summed E-state index contributed by atoms with van der Waals surface area (Å²) in [6, 6.07) is 3.40. The van der Waals surface area contributed by atoms with Gasteiger partial charge in [0, 0.05) is 35.7 Å². The van der Waals surface area contributed by atoms with E-state index in [1.807, 2.05) is 13.8 Å². The van der Waals surface area contributed by atoms with Gasteiger partial charge in [-0.3, -0.25) is 14.6 Å². The van der Waals surface area contributed by atoms with Crippen LogP contribution >= 0.6 is 11.3 Å². The molecule has 0 saturated heterocycles. The van der Waals surface area contributed by atoms with Crippen molar-refractivity contribution < 1.29 is 9.59 Å². The third-order valence-electron chi connectivity index (χ3n) is 2.84. The van der Waals surface area contributed by atoms with Crippen molar-refractivity contribution in [2.24, 2.45) is 0 Å². The minimum atomic E-state index is -0.198. The molecule has 0 aliphatic rings. The molecule has 0 spiro atoms. The smallest absolute Gasteiger partial charge is 0.226 e. The molecule has 1 N–H and O–H groups in total. The van der Waals surface area contributed by atoms with Crippen LogP contribution < -0.4 is 5.32 Å². The van der Waals surface area contributed by atoms with Crippen molar-refractivity contribution in [2.75, 3.05) is 5.32 Å². The molecule has 0 saturated carbocycles. The van der Waals surface area contributed by atoms with Gasteiger partial charge < -0.3 is 5.32 Å². The monoisotopic (exact) mass is 289 g/mol. The fraction of sp³-hybridized carbons (Fsp3) is 0.286. The average Bonchev–Trinajstić information content (AvgIpc) is 2.75. The Morgan fingerprint density at radius 3 is 2.70 bits per heavy atom. The van der Waals surface area contributed by atoms with Crippen molar-refractivity contribution in [1.29, 1.82) is 0 Å². The number of aromatic nitrogens is 2. The zero-order chi connectivity index (χ0) is 14.5. The fourth-order valence-corrected chi connectivity index (χ4v) is 2.44. The summed E-state index contributed by atoms with van der Waals surface area (Å²) in [5.41, 5.74) is 1.44. The maximum Gasteiger partial charge on any atom is 0.226 e. The Morgan fingerprint density at radius 1 is 1.30 bits per heavy atom. The van der Waals surface area contributed by atoms with Gasteiger partial charge in [-0.25, -0.2) is 4.98 Å². The van der Waals surface area contributed by atoms with E-state index in [-0.39, 0.29) is 24.5 Å². The molecular formula is C14H15N3O2S. The van der Waals surface area contributed by atoms with Crippen molar-refractivity contribution in [3.05, 3.63) is 40.7 Å². The zero-order valence-corrected chi connectivity index (χ0v) is 12.2. The summed E-state index contributed by atoms with van der Waals surface area (Å²) in [6.45, 7) is 3.85. The first-order chi connectivity index (χ1) is 9.56. The molecule has 104 valence electrons. The third kappa shape index (κ3) is 3.71. The quantitative estimate of drug-likeness (QED) is 0.859. The first kappa shape index (κ1) is 14.3. The van der Waals surface area contributed by atoms with Crippen LogP contribution in [0.15, 0.2) is 24.5 Å². The summed E-state index contributed by atoms with van der Waals surface area (Å²) in [7, 11) is 0. The van der Waals surface area contributed by atoms with Gasteiger partial charge in [-0.05, 0) is 26.0 Å². The highest BCUT2D eigenvalue weighted by atomic mass is 32.1. The van der Waals surface area contributed by atoms with Crippen LogP contribution in [0.4, 0.5) is 5.13 Å². The van der Waals surface area contributed by atoms with E-state index in [0.717, 1.165) is 10.6 Å². The van der Waals surface area contributed by atoms with Crippen LogP contribution in [0.25, 0.3) is 0 Å². The number of pyridine rings is 1. The molecule has 0 aromatic carbocycles. The number of carbonyl (C=O) groups is 2. The van der Waals surface area contributed by atoms with E-state index in [0.29, 0.717) is 10.7 Å². The summed E-state index contributed by atoms with van der Waals surface area (Å²) in [6.07, 6.45) is 3.43. The highest BCUT2D eigenvalue weighted by Gasteiger charge is 2.11. The molecule has 0 aliphatic heterocycles. The number of amides is 1. The molecule has 0 aliphatic carbocycles. The van der Waals surface area contributed by atoms with Gasteiger partial charge in [0.2, 0.25) is 5.91 Å². The molecule has 0 radical (unpaired) electrons. The number of nitrogens with zero attached hydrogens (tertiary/aromatic N) is 2. The Labute approximate surface area is 121 Å². The number of aryl methyl sites for hydroxylation is 2. The fourth-order valence-electron chi connectivity index (χ4n) is 1.61. The number of anilines is 1. The van der Waals surface area contributed by atoms with Crippen LogP contribution in [0.5, 0.6) is 0 Å². The Balaban J connectivity index is 1.85. The molecule has 0 atom stereocenters. The molecule has 2 aromatic rings. The summed E-state index contributed by atoms with van der Waals surface area (Å²) in [5.74, 6) is -0.282. The maximum absolute atomic E-state index is 11.8. The largest absolute Gasteiger partial charge is 0.302 e. The molecule has 0 fully saturated rings. The molecular weight excluding hydrogens is 274 g/mol. The normalized spacial score (nSPS) is 10.3. The van der Waals surface area contributed by atoms with Gasteiger partial charge in [0.25, 0.3) is 0 Å². The van der Waals surface area contributed by atoms with Gasteiger partial charge in [-0.1, -0.05) is 0 Å². The van der Waals surface area contributed by atoms with Crippen LogP contribution in [-0.4, -0.2) is 21.7 Å². The number of hydrogen-bond donors (Lipinski definition) is 1. The second kappa shape index (κ2) is 6.38. The second-order valence-electron chi connectivity index (χ2n) is 4.37. The molecule has 6 heteroatoms. The lowest BCUT2D eigenvalue weighted by molar-refractivity contribution is -0.116. The van der Waals surface area contributed by atoms with Crippen LogP contribution in [-0.2, 0) is 4.79 Å². The predicted octanol–water partition coefficient (Wildman–Crippen LogP) is 2.76. The molecule has 0 unspecified atom stereocenters. The number of carbonyl (C=O) groups excluding carboxylic acids is 2. The van der Waals surface area contributed by atoms with E-state index >= 15 is 0 Å². The number of ketones is 1. The second-order valence-corrected chi connectivity index (χ2v) is 5.58. The van der Waals surface area contributed by atoms with Gasteiger partial charge in [0.15, 0.2) is 10.9 Å². The lowest BCUT2D eigenvalue weighted by Crippen LogP contribution is -2.13. The van der Waals surface area contributed by atoms with E-state index in [9.17, 15) is 9.59 Å². The van der Waals surface area contributed by atoms with Crippen LogP contribution in [0.1, 0.15) is 33.8 Å². The minimum absolute atomic E-state index is 0.0836. The Kier molecular flexibility index (Phi) is 4.57. The molecule has 1 amide bonds. The molecule has 2 heterocycles. The van der Waals surface area contributed by atoms with E-state index in [2.05, 4.69) is 15.3 Å². The van der Waals surface area contributed by atoms with Crippen LogP contribution in [0.2, 0.25) is 0 Å². The maximum atomic E-state index is 11.8.